The first-order chi connectivity index (χ1) is 27.6. The number of carboxylic acid groups (broad SMARTS) is 1. The Morgan fingerprint density at radius 1 is 0.793 bits per heavy atom. The minimum absolute atomic E-state index is 0.0692. The molecule has 2 aliphatic rings. The van der Waals surface area contributed by atoms with E-state index in [-0.39, 0.29) is 35.2 Å². The minimum Gasteiger partial charge on any atom is -0.481 e. The molecule has 1 heterocycles. The molecule has 13 nitrogen and oxygen atoms in total. The first-order valence-electron chi connectivity index (χ1n) is 18.6. The summed E-state index contributed by atoms with van der Waals surface area (Å²) in [7, 11) is -7.17. The molecule has 0 saturated carbocycles. The van der Waals surface area contributed by atoms with Gasteiger partial charge in [-0.2, -0.15) is 16.8 Å². The zero-order chi connectivity index (χ0) is 41.8. The Bertz CT molecular complexity index is 2760. The number of rotatable bonds is 15. The number of fused-ring (bicyclic) bond motifs is 2. The number of carboxylic acids is 1. The smallest absolute Gasteiger partial charge is 0.303 e. The summed E-state index contributed by atoms with van der Waals surface area (Å²) in [5.74, 6) is -0.704. The van der Waals surface area contributed by atoms with Crippen LogP contribution in [0.1, 0.15) is 48.2 Å². The summed E-state index contributed by atoms with van der Waals surface area (Å²) >= 11 is 0. The second-order valence-electron chi connectivity index (χ2n) is 13.8. The molecule has 15 heteroatoms. The minimum atomic E-state index is -4.47. The monoisotopic (exact) mass is 826 g/mol. The SMILES string of the molecule is CCN(Cc1ccccc1S(=O)(=O)O)c1ccc2c(-c3ccccc3C(=O)N(C)CCCC(=O)O)c3ccc(=[N+](CC)Cc4ccc(S(=O)(=O)O)cc4)cc-3oc2c1. The van der Waals surface area contributed by atoms with Crippen LogP contribution in [0.2, 0.25) is 0 Å². The number of amides is 1. The van der Waals surface area contributed by atoms with Crippen LogP contribution in [0, 0.1) is 0 Å². The summed E-state index contributed by atoms with van der Waals surface area (Å²) < 4.78 is 75.8. The second kappa shape index (κ2) is 17.3. The van der Waals surface area contributed by atoms with Gasteiger partial charge in [0, 0.05) is 78.6 Å². The van der Waals surface area contributed by atoms with E-state index in [0.717, 1.165) is 27.7 Å². The van der Waals surface area contributed by atoms with Crippen molar-refractivity contribution in [2.45, 2.75) is 49.6 Å². The second-order valence-corrected chi connectivity index (χ2v) is 16.6. The average Bonchev–Trinajstić information content (AvgIpc) is 3.19. The predicted molar refractivity (Wildman–Crippen MR) is 221 cm³/mol. The molecule has 1 amide bonds. The van der Waals surface area contributed by atoms with Gasteiger partial charge in [0.25, 0.3) is 26.1 Å². The Morgan fingerprint density at radius 3 is 2.17 bits per heavy atom. The van der Waals surface area contributed by atoms with Crippen LogP contribution in [0.3, 0.4) is 0 Å². The van der Waals surface area contributed by atoms with Crippen molar-refractivity contribution in [3.63, 3.8) is 0 Å². The standard InChI is InChI=1S/C43H43N3O10S2/c1-4-45(27-29-16-20-33(21-17-29)57(50,51)52)31-18-22-36-38(25-31)56-39-26-32(46(5-2)28-30-11-6-9-14-40(30)58(53,54)55)19-23-37(39)42(36)34-12-7-8-13-35(34)43(49)44(3)24-10-15-41(47)48/h6-9,11-14,16-23,25-26H,4-5,10,15,24,27-28H2,1-3H3,(H2-,47,48,50,51,52,53,54,55)/p+1. The average molecular weight is 827 g/mol. The number of hydrogen-bond acceptors (Lipinski definition) is 8. The lowest BCUT2D eigenvalue weighted by molar-refractivity contribution is -0.137. The zero-order valence-corrected chi connectivity index (χ0v) is 33.8. The van der Waals surface area contributed by atoms with Crippen molar-refractivity contribution in [2.75, 3.05) is 31.6 Å². The number of nitrogens with zero attached hydrogens (tertiary/aromatic N) is 3. The van der Waals surface area contributed by atoms with Crippen molar-refractivity contribution in [2.24, 2.45) is 0 Å². The summed E-state index contributed by atoms with van der Waals surface area (Å²) in [4.78, 5) is 28.3. The van der Waals surface area contributed by atoms with Crippen molar-refractivity contribution < 1.29 is 45.1 Å². The zero-order valence-electron chi connectivity index (χ0n) is 32.2. The lowest BCUT2D eigenvalue weighted by Gasteiger charge is -2.25. The van der Waals surface area contributed by atoms with E-state index in [9.17, 15) is 35.5 Å². The number of benzene rings is 5. The first kappa shape index (κ1) is 41.8. The molecule has 0 saturated heterocycles. The van der Waals surface area contributed by atoms with Gasteiger partial charge in [-0.3, -0.25) is 18.7 Å². The lowest BCUT2D eigenvalue weighted by Crippen LogP contribution is -2.29. The Labute approximate surface area is 337 Å². The number of hydrogen-bond donors (Lipinski definition) is 3. The fourth-order valence-corrected chi connectivity index (χ4v) is 8.26. The van der Waals surface area contributed by atoms with E-state index < -0.39 is 26.2 Å². The Hall–Kier alpha value is -5.87. The van der Waals surface area contributed by atoms with Gasteiger partial charge in [-0.1, -0.05) is 48.5 Å². The van der Waals surface area contributed by atoms with Gasteiger partial charge in [0.2, 0.25) is 5.36 Å². The van der Waals surface area contributed by atoms with Crippen molar-refractivity contribution in [1.29, 1.82) is 0 Å². The molecular weight excluding hydrogens is 783 g/mol. The molecule has 0 bridgehead atoms. The largest absolute Gasteiger partial charge is 0.481 e. The quantitative estimate of drug-likeness (QED) is 0.0572. The molecule has 1 aliphatic carbocycles. The van der Waals surface area contributed by atoms with E-state index in [4.69, 9.17) is 9.52 Å². The maximum atomic E-state index is 14.0. The van der Waals surface area contributed by atoms with Crippen LogP contribution in [0.4, 0.5) is 5.69 Å². The van der Waals surface area contributed by atoms with Crippen LogP contribution in [-0.4, -0.2) is 74.5 Å². The molecule has 0 aromatic heterocycles. The molecule has 3 N–H and O–H groups in total. The third-order valence-electron chi connectivity index (χ3n) is 10.0. The lowest BCUT2D eigenvalue weighted by atomic mass is 9.90. The van der Waals surface area contributed by atoms with E-state index in [1.54, 1.807) is 49.5 Å². The van der Waals surface area contributed by atoms with Crippen LogP contribution < -0.4 is 14.8 Å². The van der Waals surface area contributed by atoms with E-state index in [1.165, 1.54) is 23.1 Å². The Kier molecular flexibility index (Phi) is 12.5. The molecule has 4 aromatic rings. The highest BCUT2D eigenvalue weighted by Gasteiger charge is 2.25. The van der Waals surface area contributed by atoms with E-state index in [1.807, 2.05) is 67.3 Å². The summed E-state index contributed by atoms with van der Waals surface area (Å²) in [6.45, 7) is 5.82. The first-order valence-corrected chi connectivity index (χ1v) is 21.5. The Balaban J connectivity index is 1.53. The molecule has 302 valence electrons. The molecule has 6 rings (SSSR count). The summed E-state index contributed by atoms with van der Waals surface area (Å²) in [6, 6.07) is 31.0. The van der Waals surface area contributed by atoms with Crippen molar-refractivity contribution >= 4 is 48.8 Å². The molecule has 0 spiro atoms. The van der Waals surface area contributed by atoms with Crippen molar-refractivity contribution in [3.05, 3.63) is 131 Å². The molecule has 0 unspecified atom stereocenters. The molecule has 0 radical (unpaired) electrons. The van der Waals surface area contributed by atoms with Gasteiger partial charge in [0.1, 0.15) is 17.9 Å². The van der Waals surface area contributed by atoms with Crippen LogP contribution in [-0.2, 0) is 38.1 Å². The summed E-state index contributed by atoms with van der Waals surface area (Å²) in [6.07, 6.45) is 0.225. The maximum absolute atomic E-state index is 14.0. The number of anilines is 1. The molecule has 1 aliphatic heterocycles. The topological polar surface area (TPSA) is 186 Å². The molecule has 58 heavy (non-hydrogen) atoms. The van der Waals surface area contributed by atoms with Crippen LogP contribution in [0.15, 0.2) is 123 Å². The fraction of sp³-hybridized carbons (Fsp3) is 0.233. The molecule has 4 aromatic carbocycles. The number of carbonyl (C=O) groups excluding carboxylic acids is 1. The van der Waals surface area contributed by atoms with Crippen molar-refractivity contribution in [3.8, 4) is 22.5 Å². The van der Waals surface area contributed by atoms with Gasteiger partial charge in [0.05, 0.1) is 15.9 Å². The van der Waals surface area contributed by atoms with Crippen molar-refractivity contribution in [1.82, 2.24) is 9.48 Å². The third-order valence-corrected chi connectivity index (χ3v) is 11.9. The number of aliphatic carboxylic acids is 1. The van der Waals surface area contributed by atoms with Gasteiger partial charge in [0.15, 0.2) is 6.54 Å². The Morgan fingerprint density at radius 2 is 1.50 bits per heavy atom. The number of carbonyl (C=O) groups is 2. The fourth-order valence-electron chi connectivity index (χ4n) is 7.06. The third kappa shape index (κ3) is 9.29. The highest BCUT2D eigenvalue weighted by atomic mass is 32.2. The van der Waals surface area contributed by atoms with Crippen LogP contribution >= 0.6 is 0 Å². The van der Waals surface area contributed by atoms with Crippen LogP contribution in [0.5, 0.6) is 0 Å². The van der Waals surface area contributed by atoms with Crippen LogP contribution in [0.25, 0.3) is 33.4 Å². The van der Waals surface area contributed by atoms with Gasteiger partial charge in [-0.05, 0) is 73.9 Å². The predicted octanol–water partition coefficient (Wildman–Crippen LogP) is 6.65. The summed E-state index contributed by atoms with van der Waals surface area (Å²) in [5, 5.41) is 10.7. The van der Waals surface area contributed by atoms with Gasteiger partial charge in [-0.15, -0.1) is 0 Å². The van der Waals surface area contributed by atoms with E-state index in [2.05, 4.69) is 4.58 Å². The maximum Gasteiger partial charge on any atom is 0.303 e. The van der Waals surface area contributed by atoms with E-state index in [0.29, 0.717) is 59.5 Å². The molecular formula is C43H44N3O10S2+. The van der Waals surface area contributed by atoms with E-state index >= 15 is 0 Å². The van der Waals surface area contributed by atoms with Gasteiger partial charge < -0.3 is 19.3 Å². The van der Waals surface area contributed by atoms with Gasteiger partial charge >= 0.3 is 5.97 Å². The normalized spacial score (nSPS) is 12.4. The highest BCUT2D eigenvalue weighted by Crippen LogP contribution is 2.42. The highest BCUT2D eigenvalue weighted by molar-refractivity contribution is 7.86. The van der Waals surface area contributed by atoms with Gasteiger partial charge in [-0.25, -0.2) is 4.58 Å². The molecule has 0 atom stereocenters. The summed E-state index contributed by atoms with van der Waals surface area (Å²) in [5.41, 5.74) is 4.95. The molecule has 0 fully saturated rings.